The maximum absolute atomic E-state index is 5.63. The van der Waals surface area contributed by atoms with Crippen LogP contribution in [0, 0.1) is 11.3 Å². The maximum atomic E-state index is 5.63. The Morgan fingerprint density at radius 2 is 1.94 bits per heavy atom. The van der Waals surface area contributed by atoms with E-state index in [-0.39, 0.29) is 6.10 Å². The predicted octanol–water partition coefficient (Wildman–Crippen LogP) is 2.16. The molecule has 1 aliphatic rings. The van der Waals surface area contributed by atoms with Crippen molar-refractivity contribution in [2.24, 2.45) is 17.1 Å². The van der Waals surface area contributed by atoms with Gasteiger partial charge in [-0.25, -0.2) is 0 Å². The molecule has 0 heterocycles. The Bertz CT molecular complexity index is 196. The highest BCUT2D eigenvalue weighted by molar-refractivity contribution is 4.87. The van der Waals surface area contributed by atoms with Crippen LogP contribution in [0.1, 0.15) is 46.0 Å². The average Bonchev–Trinajstić information content (AvgIpc) is 2.72. The number of nitrogens with one attached hydrogen (secondary N) is 1. The fourth-order valence-corrected chi connectivity index (χ4v) is 3.21. The molecule has 1 saturated carbocycles. The lowest BCUT2D eigenvalue weighted by atomic mass is 9.78. The van der Waals surface area contributed by atoms with E-state index in [0.717, 1.165) is 19.0 Å². The van der Waals surface area contributed by atoms with E-state index < -0.39 is 0 Å². The van der Waals surface area contributed by atoms with Crippen molar-refractivity contribution in [3.63, 3.8) is 0 Å². The van der Waals surface area contributed by atoms with Crippen molar-refractivity contribution in [3.05, 3.63) is 0 Å². The summed E-state index contributed by atoms with van der Waals surface area (Å²) in [5.74, 6) is 0.794. The zero-order valence-electron chi connectivity index (χ0n) is 11.8. The highest BCUT2D eigenvalue weighted by atomic mass is 16.5. The van der Waals surface area contributed by atoms with Gasteiger partial charge in [-0.1, -0.05) is 26.7 Å². The number of nitrogens with two attached hydrogens (primary N) is 1. The minimum absolute atomic E-state index is 0.160. The molecule has 0 spiro atoms. The first kappa shape index (κ1) is 14.9. The second-order valence-corrected chi connectivity index (χ2v) is 6.03. The molecule has 0 aliphatic heterocycles. The van der Waals surface area contributed by atoms with Crippen molar-refractivity contribution in [2.75, 3.05) is 26.7 Å². The van der Waals surface area contributed by atoms with Crippen molar-refractivity contribution in [2.45, 2.75) is 52.1 Å². The third-order valence-corrected chi connectivity index (χ3v) is 3.97. The van der Waals surface area contributed by atoms with E-state index in [4.69, 9.17) is 10.5 Å². The molecule has 1 atom stereocenters. The quantitative estimate of drug-likeness (QED) is 0.685. The molecular weight excluding hydrogens is 212 g/mol. The van der Waals surface area contributed by atoms with E-state index in [1.165, 1.54) is 32.1 Å². The first-order valence-corrected chi connectivity index (χ1v) is 7.05. The second-order valence-electron chi connectivity index (χ2n) is 6.03. The molecule has 1 rings (SSSR count). The summed E-state index contributed by atoms with van der Waals surface area (Å²) in [6.45, 7) is 7.27. The molecule has 0 bridgehead atoms. The van der Waals surface area contributed by atoms with Gasteiger partial charge in [0.1, 0.15) is 0 Å². The van der Waals surface area contributed by atoms with Crippen molar-refractivity contribution in [1.82, 2.24) is 5.32 Å². The van der Waals surface area contributed by atoms with Gasteiger partial charge in [0.25, 0.3) is 0 Å². The Balaban J connectivity index is 2.34. The van der Waals surface area contributed by atoms with E-state index in [0.29, 0.717) is 12.0 Å². The zero-order chi connectivity index (χ0) is 12.7. The summed E-state index contributed by atoms with van der Waals surface area (Å²) in [4.78, 5) is 0. The van der Waals surface area contributed by atoms with Crippen LogP contribution in [0.2, 0.25) is 0 Å². The molecule has 0 amide bonds. The monoisotopic (exact) mass is 242 g/mol. The summed E-state index contributed by atoms with van der Waals surface area (Å²) in [6, 6.07) is 0. The molecule has 0 aromatic rings. The van der Waals surface area contributed by atoms with Gasteiger partial charge in [-0.05, 0) is 30.6 Å². The number of ether oxygens (including phenoxy) is 1. The van der Waals surface area contributed by atoms with Gasteiger partial charge in [0, 0.05) is 26.7 Å². The SMILES string of the molecule is COC(CN)CNCC1(CC(C)C)CCCC1. The largest absolute Gasteiger partial charge is 0.379 e. The summed E-state index contributed by atoms with van der Waals surface area (Å²) in [5, 5.41) is 3.57. The van der Waals surface area contributed by atoms with Gasteiger partial charge in [0.05, 0.1) is 6.10 Å². The van der Waals surface area contributed by atoms with Crippen molar-refractivity contribution < 1.29 is 4.74 Å². The minimum Gasteiger partial charge on any atom is -0.379 e. The summed E-state index contributed by atoms with van der Waals surface area (Å²) in [7, 11) is 1.73. The first-order valence-electron chi connectivity index (χ1n) is 7.05. The molecule has 3 nitrogen and oxygen atoms in total. The third kappa shape index (κ3) is 4.94. The molecule has 3 N–H and O–H groups in total. The standard InChI is InChI=1S/C14H30N2O/c1-12(2)8-14(6-4-5-7-14)11-16-10-13(9-15)17-3/h12-13,16H,4-11,15H2,1-3H3. The molecule has 3 heteroatoms. The Kier molecular flexibility index (Phi) is 6.45. The van der Waals surface area contributed by atoms with Gasteiger partial charge in [-0.15, -0.1) is 0 Å². The lowest BCUT2D eigenvalue weighted by molar-refractivity contribution is 0.103. The molecule has 0 aromatic carbocycles. The van der Waals surface area contributed by atoms with Crippen LogP contribution in [0.5, 0.6) is 0 Å². The smallest absolute Gasteiger partial charge is 0.0817 e. The topological polar surface area (TPSA) is 47.3 Å². The fourth-order valence-electron chi connectivity index (χ4n) is 3.21. The van der Waals surface area contributed by atoms with Gasteiger partial charge < -0.3 is 15.8 Å². The van der Waals surface area contributed by atoms with E-state index in [2.05, 4.69) is 19.2 Å². The minimum atomic E-state index is 0.160. The van der Waals surface area contributed by atoms with Gasteiger partial charge in [0.15, 0.2) is 0 Å². The van der Waals surface area contributed by atoms with Crippen LogP contribution < -0.4 is 11.1 Å². The highest BCUT2D eigenvalue weighted by Gasteiger charge is 2.33. The molecule has 1 fully saturated rings. The van der Waals surface area contributed by atoms with Crippen molar-refractivity contribution in [1.29, 1.82) is 0 Å². The lowest BCUT2D eigenvalue weighted by Crippen LogP contribution is -2.40. The second kappa shape index (κ2) is 7.34. The zero-order valence-corrected chi connectivity index (χ0v) is 11.8. The maximum Gasteiger partial charge on any atom is 0.0817 e. The van der Waals surface area contributed by atoms with E-state index in [1.807, 2.05) is 0 Å². The molecule has 1 unspecified atom stereocenters. The molecule has 17 heavy (non-hydrogen) atoms. The summed E-state index contributed by atoms with van der Waals surface area (Å²) < 4.78 is 5.29. The molecule has 0 saturated heterocycles. The van der Waals surface area contributed by atoms with E-state index in [9.17, 15) is 0 Å². The van der Waals surface area contributed by atoms with Crippen LogP contribution >= 0.6 is 0 Å². The molecule has 102 valence electrons. The van der Waals surface area contributed by atoms with Crippen LogP contribution in [0.4, 0.5) is 0 Å². The van der Waals surface area contributed by atoms with E-state index >= 15 is 0 Å². The van der Waals surface area contributed by atoms with Crippen molar-refractivity contribution >= 4 is 0 Å². The highest BCUT2D eigenvalue weighted by Crippen LogP contribution is 2.42. The normalized spacial score (nSPS) is 21.0. The van der Waals surface area contributed by atoms with Crippen LogP contribution in [0.15, 0.2) is 0 Å². The molecule has 1 aliphatic carbocycles. The first-order chi connectivity index (χ1) is 8.12. The fraction of sp³-hybridized carbons (Fsp3) is 1.00. The predicted molar refractivity (Wildman–Crippen MR) is 73.1 cm³/mol. The molecule has 0 aromatic heterocycles. The van der Waals surface area contributed by atoms with Gasteiger partial charge in [-0.2, -0.15) is 0 Å². The number of hydrogen-bond donors (Lipinski definition) is 2. The van der Waals surface area contributed by atoms with Crippen LogP contribution in [0.3, 0.4) is 0 Å². The van der Waals surface area contributed by atoms with Crippen molar-refractivity contribution in [3.8, 4) is 0 Å². The Labute approximate surface area is 106 Å². The average molecular weight is 242 g/mol. The van der Waals surface area contributed by atoms with Gasteiger partial charge >= 0.3 is 0 Å². The Morgan fingerprint density at radius 3 is 2.41 bits per heavy atom. The molecular formula is C14H30N2O. The number of rotatable bonds is 8. The van der Waals surface area contributed by atoms with Crippen LogP contribution in [-0.2, 0) is 4.74 Å². The summed E-state index contributed by atoms with van der Waals surface area (Å²) in [6.07, 6.45) is 7.09. The lowest BCUT2D eigenvalue weighted by Gasteiger charge is -2.32. The molecule has 0 radical (unpaired) electrons. The number of methoxy groups -OCH3 is 1. The number of hydrogen-bond acceptors (Lipinski definition) is 3. The summed E-state index contributed by atoms with van der Waals surface area (Å²) >= 11 is 0. The van der Waals surface area contributed by atoms with Crippen LogP contribution in [0.25, 0.3) is 0 Å². The Morgan fingerprint density at radius 1 is 1.29 bits per heavy atom. The summed E-state index contributed by atoms with van der Waals surface area (Å²) in [5.41, 5.74) is 6.17. The van der Waals surface area contributed by atoms with E-state index in [1.54, 1.807) is 7.11 Å². The third-order valence-electron chi connectivity index (χ3n) is 3.97. The van der Waals surface area contributed by atoms with Crippen LogP contribution in [-0.4, -0.2) is 32.8 Å². The Hall–Kier alpha value is -0.120. The van der Waals surface area contributed by atoms with Gasteiger partial charge in [0.2, 0.25) is 0 Å². The van der Waals surface area contributed by atoms with Gasteiger partial charge in [-0.3, -0.25) is 0 Å².